The van der Waals surface area contributed by atoms with Gasteiger partial charge in [0, 0.05) is 16.0 Å². The van der Waals surface area contributed by atoms with Gasteiger partial charge in [-0.05, 0) is 79.1 Å². The van der Waals surface area contributed by atoms with Crippen molar-refractivity contribution in [2.75, 3.05) is 18.9 Å². The van der Waals surface area contributed by atoms with Gasteiger partial charge in [0.15, 0.2) is 0 Å². The van der Waals surface area contributed by atoms with Crippen LogP contribution < -0.4 is 5.32 Å². The predicted octanol–water partition coefficient (Wildman–Crippen LogP) is 7.14. The summed E-state index contributed by atoms with van der Waals surface area (Å²) in [4.78, 5) is 9.86. The lowest BCUT2D eigenvalue weighted by molar-refractivity contribution is 0.260. The molecule has 1 unspecified atom stereocenters. The number of unbranched alkanes of at least 4 members (excludes halogenated alkanes) is 1. The molecule has 2 aromatic carbocycles. The number of halogens is 1. The van der Waals surface area contributed by atoms with Crippen LogP contribution in [0.15, 0.2) is 53.4 Å². The van der Waals surface area contributed by atoms with Gasteiger partial charge in [-0.25, -0.2) is 4.39 Å². The van der Waals surface area contributed by atoms with Crippen LogP contribution in [-0.2, 0) is 21.0 Å². The van der Waals surface area contributed by atoms with Crippen LogP contribution in [0.4, 0.5) is 4.39 Å². The summed E-state index contributed by atoms with van der Waals surface area (Å²) in [7, 11) is -2.49. The molecule has 180 valence electrons. The highest BCUT2D eigenvalue weighted by atomic mass is 32.2. The molecule has 7 heteroatoms. The second kappa shape index (κ2) is 14.2. The summed E-state index contributed by atoms with van der Waals surface area (Å²) < 4.78 is 29.7. The molecule has 1 aliphatic carbocycles. The summed E-state index contributed by atoms with van der Waals surface area (Å²) in [6, 6.07) is 16.0. The molecule has 1 fully saturated rings. The Morgan fingerprint density at radius 2 is 1.79 bits per heavy atom. The predicted molar refractivity (Wildman–Crippen MR) is 134 cm³/mol. The minimum Gasteiger partial charge on any atom is -0.313 e. The third-order valence-electron chi connectivity index (χ3n) is 6.53. The van der Waals surface area contributed by atoms with Gasteiger partial charge in [0.05, 0.1) is 0 Å². The monoisotopic (exact) mass is 492 g/mol. The number of hydrogen-bond acceptors (Lipinski definition) is 4. The molecule has 0 bridgehead atoms. The standard InChI is InChI=1S/C26H35FNO3PS/c27-25-10-3-2-9-24(25)26(15-4-1-5-16-26)17-6-7-20-33-23-13-11-22(12-14-23)21-28-18-8-19-31-32(29)30/h2-3,9-14,28H,1,4-8,15-21H2/p+1. The number of rotatable bonds is 14. The molecule has 0 spiro atoms. The van der Waals surface area contributed by atoms with Crippen molar-refractivity contribution in [1.82, 2.24) is 5.32 Å². The van der Waals surface area contributed by atoms with Crippen LogP contribution in [0.3, 0.4) is 0 Å². The average molecular weight is 493 g/mol. The van der Waals surface area contributed by atoms with Crippen LogP contribution in [0.25, 0.3) is 0 Å². The molecule has 0 amide bonds. The molecule has 0 radical (unpaired) electrons. The zero-order chi connectivity index (χ0) is 23.4. The first-order chi connectivity index (χ1) is 16.1. The zero-order valence-corrected chi connectivity index (χ0v) is 21.0. The lowest BCUT2D eigenvalue weighted by Crippen LogP contribution is -2.30. The fourth-order valence-corrected chi connectivity index (χ4v) is 6.00. The van der Waals surface area contributed by atoms with Crippen LogP contribution in [0.1, 0.15) is 68.9 Å². The first-order valence-corrected chi connectivity index (χ1v) is 14.2. The van der Waals surface area contributed by atoms with Crippen molar-refractivity contribution in [1.29, 1.82) is 0 Å². The molecule has 1 atom stereocenters. The Hall–Kier alpha value is -1.30. The Morgan fingerprint density at radius 1 is 1.03 bits per heavy atom. The minimum atomic E-state index is -2.49. The van der Waals surface area contributed by atoms with Gasteiger partial charge in [-0.15, -0.1) is 21.2 Å². The van der Waals surface area contributed by atoms with E-state index in [1.807, 2.05) is 23.9 Å². The van der Waals surface area contributed by atoms with Gasteiger partial charge in [0.25, 0.3) is 0 Å². The van der Waals surface area contributed by atoms with Gasteiger partial charge in [0.1, 0.15) is 12.4 Å². The number of hydrogen-bond donors (Lipinski definition) is 2. The van der Waals surface area contributed by atoms with Crippen molar-refractivity contribution in [3.8, 4) is 0 Å². The maximum absolute atomic E-state index is 14.6. The molecule has 2 aromatic rings. The van der Waals surface area contributed by atoms with Crippen LogP contribution >= 0.6 is 20.0 Å². The molecule has 0 saturated heterocycles. The van der Waals surface area contributed by atoms with Crippen molar-refractivity contribution in [3.05, 3.63) is 65.5 Å². The Bertz CT molecular complexity index is 859. The Balaban J connectivity index is 1.36. The van der Waals surface area contributed by atoms with Crippen LogP contribution in [-0.4, -0.2) is 23.8 Å². The fraction of sp³-hybridized carbons (Fsp3) is 0.538. The zero-order valence-electron chi connectivity index (χ0n) is 19.3. The van der Waals surface area contributed by atoms with E-state index in [9.17, 15) is 8.96 Å². The van der Waals surface area contributed by atoms with E-state index in [1.54, 1.807) is 12.1 Å². The van der Waals surface area contributed by atoms with E-state index in [-0.39, 0.29) is 17.8 Å². The third-order valence-corrected chi connectivity index (χ3v) is 8.03. The second-order valence-corrected chi connectivity index (χ2v) is 10.8. The van der Waals surface area contributed by atoms with E-state index >= 15 is 0 Å². The van der Waals surface area contributed by atoms with Gasteiger partial charge in [0.2, 0.25) is 0 Å². The highest BCUT2D eigenvalue weighted by molar-refractivity contribution is 7.99. The summed E-state index contributed by atoms with van der Waals surface area (Å²) in [5, 5.41) is 3.32. The van der Waals surface area contributed by atoms with E-state index < -0.39 is 8.25 Å². The molecule has 2 N–H and O–H groups in total. The molecule has 1 saturated carbocycles. The summed E-state index contributed by atoms with van der Waals surface area (Å²) >= 11 is 1.89. The molecule has 0 aromatic heterocycles. The van der Waals surface area contributed by atoms with Crippen LogP contribution in [0, 0.1) is 5.82 Å². The van der Waals surface area contributed by atoms with Crippen LogP contribution in [0.5, 0.6) is 0 Å². The van der Waals surface area contributed by atoms with Crippen molar-refractivity contribution in [3.63, 3.8) is 0 Å². The molecular weight excluding hydrogens is 456 g/mol. The molecule has 1 aliphatic rings. The first-order valence-electron chi connectivity index (χ1n) is 12.1. The van der Waals surface area contributed by atoms with Gasteiger partial charge in [-0.2, -0.15) is 0 Å². The normalized spacial score (nSPS) is 16.0. The van der Waals surface area contributed by atoms with Crippen molar-refractivity contribution in [2.45, 2.75) is 74.6 Å². The third kappa shape index (κ3) is 8.77. The molecule has 33 heavy (non-hydrogen) atoms. The van der Waals surface area contributed by atoms with Gasteiger partial charge in [-0.3, -0.25) is 0 Å². The molecule has 0 heterocycles. The maximum Gasteiger partial charge on any atom is 0.694 e. The molecule has 3 rings (SSSR count). The van der Waals surface area contributed by atoms with E-state index in [2.05, 4.69) is 34.1 Å². The topological polar surface area (TPSA) is 58.6 Å². The number of benzene rings is 2. The lowest BCUT2D eigenvalue weighted by atomic mass is 9.66. The highest BCUT2D eigenvalue weighted by Gasteiger charge is 2.35. The average Bonchev–Trinajstić information content (AvgIpc) is 2.82. The van der Waals surface area contributed by atoms with Gasteiger partial charge in [-0.1, -0.05) is 56.0 Å². The Morgan fingerprint density at radius 3 is 2.52 bits per heavy atom. The van der Waals surface area contributed by atoms with Crippen molar-refractivity contribution in [2.24, 2.45) is 0 Å². The summed E-state index contributed by atoms with van der Waals surface area (Å²) in [6.45, 7) is 1.80. The highest BCUT2D eigenvalue weighted by Crippen LogP contribution is 2.44. The molecule has 0 aliphatic heterocycles. The largest absolute Gasteiger partial charge is 0.694 e. The molecular formula is C26H36FNO3PS+. The second-order valence-electron chi connectivity index (χ2n) is 8.87. The number of thioether (sulfide) groups is 1. The maximum atomic E-state index is 14.6. The molecule has 4 nitrogen and oxygen atoms in total. The first kappa shape index (κ1) is 26.3. The minimum absolute atomic E-state index is 0.0290. The SMILES string of the molecule is O=[P+](O)OCCCNCc1ccc(SCCCCC2(c3ccccc3F)CCCCC2)cc1. The van der Waals surface area contributed by atoms with E-state index in [0.29, 0.717) is 6.42 Å². The fourth-order valence-electron chi connectivity index (χ4n) is 4.81. The Kier molecular flexibility index (Phi) is 11.3. The van der Waals surface area contributed by atoms with Crippen LogP contribution in [0.2, 0.25) is 0 Å². The lowest BCUT2D eigenvalue weighted by Gasteiger charge is -2.38. The summed E-state index contributed by atoms with van der Waals surface area (Å²) in [5.74, 6) is 1.05. The number of nitrogens with one attached hydrogen (secondary N) is 1. The quantitative estimate of drug-likeness (QED) is 0.167. The van der Waals surface area contributed by atoms with E-state index in [0.717, 1.165) is 56.5 Å². The van der Waals surface area contributed by atoms with E-state index in [1.165, 1.54) is 29.7 Å². The van der Waals surface area contributed by atoms with Crippen molar-refractivity contribution < 1.29 is 18.4 Å². The summed E-state index contributed by atoms with van der Waals surface area (Å²) in [5.41, 5.74) is 2.20. The van der Waals surface area contributed by atoms with E-state index in [4.69, 9.17) is 4.89 Å². The summed E-state index contributed by atoms with van der Waals surface area (Å²) in [6.07, 6.45) is 9.99. The van der Waals surface area contributed by atoms with Gasteiger partial charge < -0.3 is 5.32 Å². The Labute approximate surface area is 202 Å². The van der Waals surface area contributed by atoms with Crippen molar-refractivity contribution >= 4 is 20.0 Å². The van der Waals surface area contributed by atoms with Gasteiger partial charge >= 0.3 is 8.25 Å². The smallest absolute Gasteiger partial charge is 0.313 e.